The van der Waals surface area contributed by atoms with E-state index < -0.39 is 5.41 Å². The van der Waals surface area contributed by atoms with Gasteiger partial charge in [-0.05, 0) is 36.5 Å². The van der Waals surface area contributed by atoms with E-state index in [4.69, 9.17) is 0 Å². The Balaban J connectivity index is 1.58. The summed E-state index contributed by atoms with van der Waals surface area (Å²) in [4.78, 5) is 39.7. The summed E-state index contributed by atoms with van der Waals surface area (Å²) < 4.78 is 0. The highest BCUT2D eigenvalue weighted by atomic mass is 16.2. The molecule has 4 rings (SSSR count). The topological polar surface area (TPSA) is 78.5 Å². The van der Waals surface area contributed by atoms with Crippen LogP contribution in [0.15, 0.2) is 54.6 Å². The fourth-order valence-corrected chi connectivity index (χ4v) is 4.09. The smallest absolute Gasteiger partial charge is 0.239 e. The van der Waals surface area contributed by atoms with Crippen LogP contribution in [-0.2, 0) is 26.2 Å². The van der Waals surface area contributed by atoms with Crippen LogP contribution in [0.5, 0.6) is 0 Å². The van der Waals surface area contributed by atoms with Crippen molar-refractivity contribution in [2.45, 2.75) is 37.1 Å². The summed E-state index contributed by atoms with van der Waals surface area (Å²) in [6, 6.07) is 17.6. The van der Waals surface area contributed by atoms with Crippen molar-refractivity contribution < 1.29 is 14.4 Å². The monoisotopic (exact) mass is 391 g/mol. The quantitative estimate of drug-likeness (QED) is 0.757. The number of rotatable bonds is 7. The van der Waals surface area contributed by atoms with Crippen LogP contribution >= 0.6 is 0 Å². The van der Waals surface area contributed by atoms with Gasteiger partial charge in [0.2, 0.25) is 17.7 Å². The van der Waals surface area contributed by atoms with Gasteiger partial charge in [0.25, 0.3) is 0 Å². The molecule has 6 heteroatoms. The lowest BCUT2D eigenvalue weighted by molar-refractivity contribution is -0.130. The Kier molecular flexibility index (Phi) is 5.09. The lowest BCUT2D eigenvalue weighted by Crippen LogP contribution is -2.46. The molecule has 2 aromatic carbocycles. The maximum absolute atomic E-state index is 13.4. The molecule has 0 radical (unpaired) electrons. The molecule has 1 aliphatic heterocycles. The predicted octanol–water partition coefficient (Wildman–Crippen LogP) is 1.93. The average Bonchev–Trinajstić information content (AvgIpc) is 3.52. The van der Waals surface area contributed by atoms with Crippen LogP contribution in [-0.4, -0.2) is 37.4 Å². The van der Waals surface area contributed by atoms with Gasteiger partial charge in [0.05, 0.1) is 12.0 Å². The minimum atomic E-state index is -0.982. The molecule has 0 spiro atoms. The van der Waals surface area contributed by atoms with Gasteiger partial charge in [0.1, 0.15) is 0 Å². The largest absolute Gasteiger partial charge is 0.352 e. The van der Waals surface area contributed by atoms with Gasteiger partial charge in [-0.3, -0.25) is 14.4 Å². The summed E-state index contributed by atoms with van der Waals surface area (Å²) in [6.07, 6.45) is 2.42. The highest BCUT2D eigenvalue weighted by Crippen LogP contribution is 2.45. The number of anilines is 1. The van der Waals surface area contributed by atoms with Crippen molar-refractivity contribution in [1.29, 1.82) is 0 Å². The van der Waals surface area contributed by atoms with Crippen molar-refractivity contribution in [3.05, 3.63) is 65.7 Å². The van der Waals surface area contributed by atoms with E-state index >= 15 is 0 Å². The summed E-state index contributed by atoms with van der Waals surface area (Å²) in [7, 11) is 1.74. The highest BCUT2D eigenvalue weighted by molar-refractivity contribution is 6.10. The zero-order chi connectivity index (χ0) is 20.4. The fourth-order valence-electron chi connectivity index (χ4n) is 4.09. The van der Waals surface area contributed by atoms with E-state index in [1.807, 2.05) is 54.6 Å². The Morgan fingerprint density at radius 3 is 2.45 bits per heavy atom. The molecule has 2 aromatic rings. The number of para-hydroxylation sites is 1. The first-order valence-corrected chi connectivity index (χ1v) is 9.97. The Labute approximate surface area is 170 Å². The average molecular weight is 391 g/mol. The second-order valence-corrected chi connectivity index (χ2v) is 7.92. The molecule has 3 amide bonds. The number of nitrogens with zero attached hydrogens (tertiary/aromatic N) is 1. The van der Waals surface area contributed by atoms with Crippen molar-refractivity contribution in [1.82, 2.24) is 10.6 Å². The number of hydrogen-bond donors (Lipinski definition) is 2. The highest BCUT2D eigenvalue weighted by Gasteiger charge is 2.50. The van der Waals surface area contributed by atoms with Gasteiger partial charge >= 0.3 is 0 Å². The molecule has 0 unspecified atom stereocenters. The molecular formula is C23H25N3O3. The van der Waals surface area contributed by atoms with Crippen molar-refractivity contribution in [3.63, 3.8) is 0 Å². The Morgan fingerprint density at radius 2 is 1.72 bits per heavy atom. The molecule has 0 aromatic heterocycles. The molecule has 1 saturated carbocycles. The van der Waals surface area contributed by atoms with Crippen molar-refractivity contribution in [2.24, 2.45) is 0 Å². The van der Waals surface area contributed by atoms with Crippen LogP contribution in [0.3, 0.4) is 0 Å². The van der Waals surface area contributed by atoms with Crippen molar-refractivity contribution in [3.8, 4) is 0 Å². The standard InChI is InChI=1S/C23H25N3O3/c1-26-19-10-6-5-9-18(19)23(22(26)29,13-16-7-3-2-4-8-16)14-20(27)24-15-21(28)25-17-11-12-17/h2-10,17H,11-15H2,1H3,(H,24,27)(H,25,28)/t23-/m1/s1. The van der Waals surface area contributed by atoms with Gasteiger partial charge < -0.3 is 15.5 Å². The number of fused-ring (bicyclic) bond motifs is 1. The first-order valence-electron chi connectivity index (χ1n) is 9.97. The lowest BCUT2D eigenvalue weighted by atomic mass is 9.73. The second kappa shape index (κ2) is 7.70. The summed E-state index contributed by atoms with van der Waals surface area (Å²) in [5, 5.41) is 5.55. The van der Waals surface area contributed by atoms with Crippen molar-refractivity contribution >= 4 is 23.4 Å². The van der Waals surface area contributed by atoms with E-state index in [2.05, 4.69) is 10.6 Å². The van der Waals surface area contributed by atoms with E-state index in [1.54, 1.807) is 11.9 Å². The molecule has 0 saturated heterocycles. The molecule has 2 aliphatic rings. The third kappa shape index (κ3) is 3.88. The predicted molar refractivity (Wildman–Crippen MR) is 110 cm³/mol. The Morgan fingerprint density at radius 1 is 1.03 bits per heavy atom. The number of likely N-dealkylation sites (N-methyl/N-ethyl adjacent to an activating group) is 1. The molecule has 2 N–H and O–H groups in total. The van der Waals surface area contributed by atoms with Crippen LogP contribution in [0.4, 0.5) is 5.69 Å². The molecule has 1 aliphatic carbocycles. The lowest BCUT2D eigenvalue weighted by Gasteiger charge is -2.28. The molecule has 1 heterocycles. The normalized spacial score (nSPS) is 20.3. The first-order chi connectivity index (χ1) is 14.0. The maximum atomic E-state index is 13.4. The Bertz CT molecular complexity index is 939. The number of benzene rings is 2. The zero-order valence-corrected chi connectivity index (χ0v) is 16.5. The first kappa shape index (κ1) is 19.2. The van der Waals surface area contributed by atoms with Crippen molar-refractivity contribution in [2.75, 3.05) is 18.5 Å². The minimum Gasteiger partial charge on any atom is -0.352 e. The minimum absolute atomic E-state index is 0.00120. The molecule has 0 bridgehead atoms. The third-order valence-electron chi connectivity index (χ3n) is 5.69. The van der Waals surface area contributed by atoms with Crippen LogP contribution in [0.1, 0.15) is 30.4 Å². The maximum Gasteiger partial charge on any atom is 0.239 e. The number of amides is 3. The van der Waals surface area contributed by atoms with Gasteiger partial charge in [0.15, 0.2) is 0 Å². The van der Waals surface area contributed by atoms with E-state index in [0.29, 0.717) is 6.42 Å². The van der Waals surface area contributed by atoms with Gasteiger partial charge in [-0.25, -0.2) is 0 Å². The van der Waals surface area contributed by atoms with Crippen LogP contribution in [0.25, 0.3) is 0 Å². The van der Waals surface area contributed by atoms with Crippen LogP contribution in [0.2, 0.25) is 0 Å². The molecule has 29 heavy (non-hydrogen) atoms. The van der Waals surface area contributed by atoms with E-state index in [0.717, 1.165) is 29.7 Å². The second-order valence-electron chi connectivity index (χ2n) is 7.92. The van der Waals surface area contributed by atoms with Gasteiger partial charge in [-0.1, -0.05) is 48.5 Å². The Hall–Kier alpha value is -3.15. The zero-order valence-electron chi connectivity index (χ0n) is 16.5. The van der Waals surface area contributed by atoms with E-state index in [1.165, 1.54) is 0 Å². The molecule has 6 nitrogen and oxygen atoms in total. The van der Waals surface area contributed by atoms with Crippen LogP contribution < -0.4 is 15.5 Å². The van der Waals surface area contributed by atoms with Gasteiger partial charge in [-0.15, -0.1) is 0 Å². The summed E-state index contributed by atoms with van der Waals surface area (Å²) >= 11 is 0. The molecule has 1 atom stereocenters. The van der Waals surface area contributed by atoms with Gasteiger partial charge in [0, 0.05) is 25.2 Å². The number of carbonyl (C=O) groups excluding carboxylic acids is 3. The number of nitrogens with one attached hydrogen (secondary N) is 2. The molecule has 1 fully saturated rings. The van der Waals surface area contributed by atoms with Crippen LogP contribution in [0, 0.1) is 0 Å². The van der Waals surface area contributed by atoms with E-state index in [9.17, 15) is 14.4 Å². The van der Waals surface area contributed by atoms with E-state index in [-0.39, 0.29) is 36.7 Å². The number of hydrogen-bond acceptors (Lipinski definition) is 3. The number of carbonyl (C=O) groups is 3. The summed E-state index contributed by atoms with van der Waals surface area (Å²) in [6.45, 7) is -0.0670. The summed E-state index contributed by atoms with van der Waals surface area (Å²) in [5.74, 6) is -0.585. The van der Waals surface area contributed by atoms with Gasteiger partial charge in [-0.2, -0.15) is 0 Å². The summed E-state index contributed by atoms with van der Waals surface area (Å²) in [5.41, 5.74) is 1.69. The fraction of sp³-hybridized carbons (Fsp3) is 0.348. The SMILES string of the molecule is CN1C(=O)[C@@](CC(=O)NCC(=O)NC2CC2)(Cc2ccccc2)c2ccccc21. The molecule has 150 valence electrons. The third-order valence-corrected chi connectivity index (χ3v) is 5.69. The molecular weight excluding hydrogens is 366 g/mol.